The molecular weight excluding hydrogens is 526 g/mol. The zero-order valence-electron chi connectivity index (χ0n) is 18.7. The first-order chi connectivity index (χ1) is 16.7. The van der Waals surface area contributed by atoms with Crippen molar-refractivity contribution in [3.8, 4) is 11.5 Å². The number of ether oxygens (including phenoxy) is 1. The van der Waals surface area contributed by atoms with Gasteiger partial charge in [0, 0.05) is 0 Å². The van der Waals surface area contributed by atoms with Crippen molar-refractivity contribution in [3.05, 3.63) is 93.3 Å². The summed E-state index contributed by atoms with van der Waals surface area (Å²) in [6.07, 6.45) is 1.64. The third-order valence-electron chi connectivity index (χ3n) is 5.11. The molecule has 180 valence electrons. The van der Waals surface area contributed by atoms with Gasteiger partial charge in [0.05, 0.1) is 23.6 Å². The zero-order chi connectivity index (χ0) is 25.2. The highest BCUT2D eigenvalue weighted by Crippen LogP contribution is 2.40. The van der Waals surface area contributed by atoms with E-state index >= 15 is 0 Å². The Labute approximate surface area is 218 Å². The number of amides is 1. The minimum Gasteiger partial charge on any atom is -0.493 e. The summed E-state index contributed by atoms with van der Waals surface area (Å²) in [7, 11) is -2.76. The molecule has 3 aromatic carbocycles. The highest BCUT2D eigenvalue weighted by molar-refractivity contribution is 8.26. The molecule has 0 unspecified atom stereocenters. The van der Waals surface area contributed by atoms with Crippen LogP contribution in [0.15, 0.2) is 76.5 Å². The van der Waals surface area contributed by atoms with E-state index in [-0.39, 0.29) is 27.3 Å². The predicted molar refractivity (Wildman–Crippen MR) is 142 cm³/mol. The summed E-state index contributed by atoms with van der Waals surface area (Å²) in [6, 6.07) is 18.9. The van der Waals surface area contributed by atoms with Gasteiger partial charge in [0.2, 0.25) is 5.75 Å². The highest BCUT2D eigenvalue weighted by atomic mass is 35.5. The van der Waals surface area contributed by atoms with E-state index in [0.717, 1.165) is 11.1 Å². The Balaban J connectivity index is 1.60. The van der Waals surface area contributed by atoms with Crippen LogP contribution in [0.5, 0.6) is 11.5 Å². The quantitative estimate of drug-likeness (QED) is 0.210. The molecule has 0 atom stereocenters. The number of thioether (sulfide) groups is 1. The van der Waals surface area contributed by atoms with Gasteiger partial charge in [-0.1, -0.05) is 83.6 Å². The molecule has 10 heteroatoms. The number of thiocarbonyl (C=S) groups is 1. The van der Waals surface area contributed by atoms with Crippen LogP contribution in [0.3, 0.4) is 0 Å². The Morgan fingerprint density at radius 3 is 2.43 bits per heavy atom. The predicted octanol–water partition coefficient (Wildman–Crippen LogP) is 5.83. The van der Waals surface area contributed by atoms with E-state index in [1.54, 1.807) is 24.3 Å². The lowest BCUT2D eigenvalue weighted by Gasteiger charge is -2.14. The van der Waals surface area contributed by atoms with Gasteiger partial charge in [0.15, 0.2) is 5.75 Å². The van der Waals surface area contributed by atoms with Crippen LogP contribution >= 0.6 is 35.6 Å². The van der Waals surface area contributed by atoms with Gasteiger partial charge < -0.3 is 8.92 Å². The molecule has 3 aromatic rings. The molecule has 0 radical (unpaired) electrons. The summed E-state index contributed by atoms with van der Waals surface area (Å²) in [6.45, 7) is 2.22. The van der Waals surface area contributed by atoms with Crippen molar-refractivity contribution in [2.45, 2.75) is 18.4 Å². The van der Waals surface area contributed by atoms with Crippen molar-refractivity contribution < 1.29 is 22.1 Å². The Hall–Kier alpha value is -2.85. The lowest BCUT2D eigenvalue weighted by Crippen LogP contribution is -2.27. The molecule has 1 aliphatic rings. The second-order valence-corrected chi connectivity index (χ2v) is 11.3. The Bertz CT molecular complexity index is 1420. The van der Waals surface area contributed by atoms with Crippen molar-refractivity contribution >= 4 is 62.0 Å². The van der Waals surface area contributed by atoms with Crippen LogP contribution in [0, 0.1) is 6.92 Å². The average Bonchev–Trinajstić information content (AvgIpc) is 3.08. The van der Waals surface area contributed by atoms with Crippen molar-refractivity contribution in [1.82, 2.24) is 4.90 Å². The molecular formula is C25H20ClNO5S3. The summed E-state index contributed by atoms with van der Waals surface area (Å²) in [4.78, 5) is 14.9. The normalized spacial score (nSPS) is 15.1. The number of hydrogen-bond acceptors (Lipinski definition) is 7. The average molecular weight is 546 g/mol. The van der Waals surface area contributed by atoms with E-state index in [1.165, 1.54) is 42.0 Å². The van der Waals surface area contributed by atoms with Crippen molar-refractivity contribution in [2.75, 3.05) is 7.11 Å². The van der Waals surface area contributed by atoms with Gasteiger partial charge in [-0.15, -0.1) is 0 Å². The fourth-order valence-corrected chi connectivity index (χ4v) is 5.84. The fourth-order valence-electron chi connectivity index (χ4n) is 3.32. The molecule has 4 rings (SSSR count). The molecule has 0 N–H and O–H groups in total. The Morgan fingerprint density at radius 2 is 1.77 bits per heavy atom. The number of hydrogen-bond donors (Lipinski definition) is 0. The number of carbonyl (C=O) groups is 1. The van der Waals surface area contributed by atoms with Crippen LogP contribution in [0.25, 0.3) is 6.08 Å². The Morgan fingerprint density at radius 1 is 1.09 bits per heavy atom. The summed E-state index contributed by atoms with van der Waals surface area (Å²) >= 11 is 13.0. The number of methoxy groups -OCH3 is 1. The SMILES string of the molecule is COc1cc(/C=C2/SC(=S)N(Cc3ccccc3)C2=O)cc(Cl)c1OS(=O)(=O)c1ccc(C)cc1. The van der Waals surface area contributed by atoms with E-state index in [2.05, 4.69) is 0 Å². The van der Waals surface area contributed by atoms with Gasteiger partial charge in [0.1, 0.15) is 9.22 Å². The molecule has 35 heavy (non-hydrogen) atoms. The largest absolute Gasteiger partial charge is 0.493 e. The first-order valence-electron chi connectivity index (χ1n) is 10.4. The second-order valence-electron chi connectivity index (χ2n) is 7.64. The van der Waals surface area contributed by atoms with Gasteiger partial charge in [-0.25, -0.2) is 0 Å². The molecule has 1 saturated heterocycles. The maximum Gasteiger partial charge on any atom is 0.339 e. The van der Waals surface area contributed by atoms with Gasteiger partial charge >= 0.3 is 10.1 Å². The lowest BCUT2D eigenvalue weighted by atomic mass is 10.1. The van der Waals surface area contributed by atoms with E-state index < -0.39 is 10.1 Å². The summed E-state index contributed by atoms with van der Waals surface area (Å²) in [5.74, 6) is -0.246. The number of benzene rings is 3. The second kappa shape index (κ2) is 10.4. The van der Waals surface area contributed by atoms with Gasteiger partial charge in [0.25, 0.3) is 5.91 Å². The van der Waals surface area contributed by atoms with Crippen LogP contribution < -0.4 is 8.92 Å². The van der Waals surface area contributed by atoms with Crippen LogP contribution in [-0.4, -0.2) is 30.7 Å². The monoisotopic (exact) mass is 545 g/mol. The van der Waals surface area contributed by atoms with Crippen LogP contribution in [0.2, 0.25) is 5.02 Å². The molecule has 1 heterocycles. The van der Waals surface area contributed by atoms with Crippen molar-refractivity contribution in [1.29, 1.82) is 0 Å². The molecule has 1 aliphatic heterocycles. The van der Waals surface area contributed by atoms with Crippen molar-refractivity contribution in [3.63, 3.8) is 0 Å². The van der Waals surface area contributed by atoms with Crippen LogP contribution in [-0.2, 0) is 21.5 Å². The minimum absolute atomic E-state index is 0.00705. The topological polar surface area (TPSA) is 72.9 Å². The standard InChI is InChI=1S/C25H20ClNO5S3/c1-16-8-10-19(11-9-16)35(29,30)32-23-20(26)12-18(13-21(23)31-2)14-22-24(28)27(25(33)34-22)15-17-6-4-3-5-7-17/h3-14H,15H2,1-2H3/b22-14+. The molecule has 6 nitrogen and oxygen atoms in total. The van der Waals surface area contributed by atoms with Gasteiger partial charge in [-0.05, 0) is 48.4 Å². The fraction of sp³-hybridized carbons (Fsp3) is 0.120. The molecule has 0 saturated carbocycles. The molecule has 0 aliphatic carbocycles. The maximum atomic E-state index is 13.0. The lowest BCUT2D eigenvalue weighted by molar-refractivity contribution is -0.122. The molecule has 0 aromatic heterocycles. The first-order valence-corrected chi connectivity index (χ1v) is 13.4. The molecule has 1 fully saturated rings. The van der Waals surface area contributed by atoms with E-state index in [1.807, 2.05) is 37.3 Å². The molecule has 1 amide bonds. The number of aryl methyl sites for hydroxylation is 1. The molecule has 0 spiro atoms. The van der Waals surface area contributed by atoms with Crippen LogP contribution in [0.4, 0.5) is 0 Å². The van der Waals surface area contributed by atoms with E-state index in [9.17, 15) is 13.2 Å². The summed E-state index contributed by atoms with van der Waals surface area (Å²) in [5.41, 5.74) is 2.41. The summed E-state index contributed by atoms with van der Waals surface area (Å²) in [5, 5.41) is 0.0195. The number of carbonyl (C=O) groups excluding carboxylic acids is 1. The van der Waals surface area contributed by atoms with Gasteiger partial charge in [-0.3, -0.25) is 9.69 Å². The number of halogens is 1. The molecule has 0 bridgehead atoms. The third kappa shape index (κ3) is 5.70. The Kier molecular flexibility index (Phi) is 7.51. The smallest absolute Gasteiger partial charge is 0.339 e. The number of nitrogens with zero attached hydrogens (tertiary/aromatic N) is 1. The third-order valence-corrected chi connectivity index (χ3v) is 8.00. The van der Waals surface area contributed by atoms with E-state index in [4.69, 9.17) is 32.7 Å². The van der Waals surface area contributed by atoms with Crippen molar-refractivity contribution in [2.24, 2.45) is 0 Å². The maximum absolute atomic E-state index is 13.0. The van der Waals surface area contributed by atoms with Crippen LogP contribution in [0.1, 0.15) is 16.7 Å². The summed E-state index contributed by atoms with van der Waals surface area (Å²) < 4.78 is 36.6. The number of rotatable bonds is 7. The highest BCUT2D eigenvalue weighted by Gasteiger charge is 2.32. The first kappa shape index (κ1) is 25.2. The zero-order valence-corrected chi connectivity index (χ0v) is 21.9. The van der Waals surface area contributed by atoms with Gasteiger partial charge in [-0.2, -0.15) is 8.42 Å². The minimum atomic E-state index is -4.14. The van der Waals surface area contributed by atoms with E-state index in [0.29, 0.717) is 21.3 Å².